The average Bonchev–Trinajstić information content (AvgIpc) is 3.14. The number of aryl methyl sites for hydroxylation is 1. The van der Waals surface area contributed by atoms with Crippen molar-refractivity contribution in [3.63, 3.8) is 0 Å². The molecule has 6 N–H and O–H groups in total. The fourth-order valence-electron chi connectivity index (χ4n) is 3.49. The summed E-state index contributed by atoms with van der Waals surface area (Å²) in [4.78, 5) is 33.4. The van der Waals surface area contributed by atoms with Crippen molar-refractivity contribution in [2.24, 2.45) is 0 Å². The highest BCUT2D eigenvalue weighted by atomic mass is 35.5. The van der Waals surface area contributed by atoms with Gasteiger partial charge >= 0.3 is 5.97 Å². The highest BCUT2D eigenvalue weighted by molar-refractivity contribution is 7.20. The van der Waals surface area contributed by atoms with Gasteiger partial charge in [0.1, 0.15) is 39.9 Å². The summed E-state index contributed by atoms with van der Waals surface area (Å²) in [5, 5.41) is 42.5. The molecule has 0 aliphatic rings. The molecule has 0 unspecified atom stereocenters. The van der Waals surface area contributed by atoms with Crippen LogP contribution in [0.25, 0.3) is 10.2 Å². The summed E-state index contributed by atoms with van der Waals surface area (Å²) in [6.45, 7) is 0.783. The largest absolute Gasteiger partial charge is 0.454 e. The smallest absolute Gasteiger partial charge is 0.349 e. The van der Waals surface area contributed by atoms with Gasteiger partial charge in [-0.15, -0.1) is 11.3 Å². The number of benzene rings is 1. The van der Waals surface area contributed by atoms with E-state index in [9.17, 15) is 24.9 Å². The van der Waals surface area contributed by atoms with Gasteiger partial charge in [-0.25, -0.2) is 9.78 Å². The van der Waals surface area contributed by atoms with E-state index in [-0.39, 0.29) is 16.8 Å². The van der Waals surface area contributed by atoms with E-state index in [1.165, 1.54) is 0 Å². The predicted molar refractivity (Wildman–Crippen MR) is 127 cm³/mol. The first kappa shape index (κ1) is 26.2. The summed E-state index contributed by atoms with van der Waals surface area (Å²) >= 11 is 7.00. The van der Waals surface area contributed by atoms with Crippen LogP contribution < -0.4 is 10.9 Å². The molecule has 0 spiro atoms. The zero-order chi connectivity index (χ0) is 25.0. The second-order valence-electron chi connectivity index (χ2n) is 7.79. The number of likely N-dealkylation sites (N-methyl/N-ethyl adjacent to an activating group) is 1. The maximum absolute atomic E-state index is 12.9. The molecule has 3 aromatic rings. The molecule has 184 valence electrons. The molecule has 0 radical (unpaired) electrons. The molecule has 12 heteroatoms. The van der Waals surface area contributed by atoms with Gasteiger partial charge in [0, 0.05) is 18.0 Å². The number of rotatable bonds is 10. The van der Waals surface area contributed by atoms with Crippen molar-refractivity contribution in [1.82, 2.24) is 15.3 Å². The van der Waals surface area contributed by atoms with E-state index in [1.807, 2.05) is 6.07 Å². The second kappa shape index (κ2) is 11.4. The summed E-state index contributed by atoms with van der Waals surface area (Å²) in [6, 6.07) is 7.16. The number of nitrogens with one attached hydrogen (secondary N) is 2. The van der Waals surface area contributed by atoms with Crippen LogP contribution in [0.2, 0.25) is 5.02 Å². The van der Waals surface area contributed by atoms with Crippen LogP contribution in [0, 0.1) is 6.92 Å². The van der Waals surface area contributed by atoms with E-state index in [0.29, 0.717) is 27.7 Å². The number of aliphatic hydroxyl groups excluding tert-OH is 4. The van der Waals surface area contributed by atoms with E-state index in [0.717, 1.165) is 16.9 Å². The van der Waals surface area contributed by atoms with Crippen LogP contribution in [0.1, 0.15) is 26.6 Å². The quantitative estimate of drug-likeness (QED) is 0.211. The number of hydrogen-bond acceptors (Lipinski definition) is 10. The Labute approximate surface area is 203 Å². The molecule has 0 bridgehead atoms. The molecule has 2 aromatic heterocycles. The molecule has 0 saturated carbocycles. The van der Waals surface area contributed by atoms with Gasteiger partial charge in [-0.3, -0.25) is 4.79 Å². The second-order valence-corrected chi connectivity index (χ2v) is 9.22. The van der Waals surface area contributed by atoms with Crippen LogP contribution in [0.4, 0.5) is 0 Å². The van der Waals surface area contributed by atoms with Gasteiger partial charge in [-0.1, -0.05) is 23.7 Å². The molecule has 1 aromatic carbocycles. The number of thiophene rings is 1. The van der Waals surface area contributed by atoms with Crippen LogP contribution in [0.15, 0.2) is 29.1 Å². The molecule has 4 atom stereocenters. The lowest BCUT2D eigenvalue weighted by atomic mass is 10.0. The van der Waals surface area contributed by atoms with E-state index < -0.39 is 42.6 Å². The summed E-state index contributed by atoms with van der Waals surface area (Å²) in [5.41, 5.74) is 0.834. The third kappa shape index (κ3) is 5.81. The number of carbonyl (C=O) groups excluding carboxylic acids is 1. The topological polar surface area (TPSA) is 165 Å². The fourth-order valence-corrected chi connectivity index (χ4v) is 4.78. The first-order chi connectivity index (χ1) is 16.2. The van der Waals surface area contributed by atoms with E-state index in [4.69, 9.17) is 21.4 Å². The Morgan fingerprint density at radius 3 is 2.68 bits per heavy atom. The molecular formula is C22H26ClN3O7S. The number of aromatic amines is 1. The Hall–Kier alpha value is -2.38. The molecule has 34 heavy (non-hydrogen) atoms. The maximum atomic E-state index is 12.9. The van der Waals surface area contributed by atoms with Crippen molar-refractivity contribution in [3.8, 4) is 0 Å². The average molecular weight is 512 g/mol. The molecular weight excluding hydrogens is 486 g/mol. The summed E-state index contributed by atoms with van der Waals surface area (Å²) in [5.74, 6) is -0.410. The molecule has 0 amide bonds. The number of carbonyl (C=O) groups is 1. The molecule has 0 aliphatic heterocycles. The number of H-pyrrole nitrogens is 1. The molecule has 3 rings (SSSR count). The van der Waals surface area contributed by atoms with Crippen LogP contribution in [-0.4, -0.2) is 81.0 Å². The number of fused-ring (bicyclic) bond motifs is 1. The zero-order valence-electron chi connectivity index (χ0n) is 18.5. The summed E-state index contributed by atoms with van der Waals surface area (Å²) in [6.07, 6.45) is -5.91. The van der Waals surface area contributed by atoms with Crippen LogP contribution in [-0.2, 0) is 11.2 Å². The van der Waals surface area contributed by atoms with Crippen molar-refractivity contribution in [1.29, 1.82) is 0 Å². The van der Waals surface area contributed by atoms with Crippen molar-refractivity contribution in [3.05, 3.63) is 61.5 Å². The standard InChI is InChI=1S/C22H26ClN3O7S/c1-10-16-20(31)25-15(7-11-4-3-5-12(23)6-11)26-21(16)34-19(10)22(32)33-14(8-24-2)18(30)17(29)13(28)9-27/h3-6,13-14,17-18,24,27-30H,7-9H2,1-2H3,(H,25,26,31)/t13-,14+,17-,18-/m1/s1. The Balaban J connectivity index is 1.88. The monoisotopic (exact) mass is 511 g/mol. The lowest BCUT2D eigenvalue weighted by Crippen LogP contribution is -2.50. The summed E-state index contributed by atoms with van der Waals surface area (Å²) in [7, 11) is 1.55. The number of esters is 1. The number of halogens is 1. The first-order valence-electron chi connectivity index (χ1n) is 10.4. The van der Waals surface area contributed by atoms with Crippen molar-refractivity contribution in [2.45, 2.75) is 37.8 Å². The molecule has 2 heterocycles. The number of nitrogens with zero attached hydrogens (tertiary/aromatic N) is 1. The SMILES string of the molecule is CNC[C@H](OC(=O)c1sc2nc(Cc3cccc(Cl)c3)[nH]c(=O)c2c1C)[C@@H](O)[C@H](O)[C@H](O)CO. The molecule has 0 saturated heterocycles. The normalized spacial score (nSPS) is 15.1. The predicted octanol–water partition coefficient (Wildman–Crippen LogP) is 0.357. The van der Waals surface area contributed by atoms with Gasteiger partial charge in [0.05, 0.1) is 12.0 Å². The molecule has 0 aliphatic carbocycles. The van der Waals surface area contributed by atoms with E-state index in [1.54, 1.807) is 32.2 Å². The summed E-state index contributed by atoms with van der Waals surface area (Å²) < 4.78 is 5.40. The van der Waals surface area contributed by atoms with Gasteiger partial charge in [0.25, 0.3) is 5.56 Å². The Kier molecular flexibility index (Phi) is 8.77. The minimum atomic E-state index is -1.74. The van der Waals surface area contributed by atoms with Crippen LogP contribution in [0.5, 0.6) is 0 Å². The van der Waals surface area contributed by atoms with E-state index >= 15 is 0 Å². The number of hydrogen-bond donors (Lipinski definition) is 6. The van der Waals surface area contributed by atoms with Crippen molar-refractivity contribution >= 4 is 39.1 Å². The van der Waals surface area contributed by atoms with Crippen LogP contribution >= 0.6 is 22.9 Å². The first-order valence-corrected chi connectivity index (χ1v) is 11.6. The third-order valence-corrected chi connectivity index (χ3v) is 6.67. The highest BCUT2D eigenvalue weighted by Gasteiger charge is 2.34. The van der Waals surface area contributed by atoms with Crippen molar-refractivity contribution in [2.75, 3.05) is 20.2 Å². The molecule has 0 fully saturated rings. The minimum Gasteiger partial charge on any atom is -0.454 e. The third-order valence-electron chi connectivity index (χ3n) is 5.27. The van der Waals surface area contributed by atoms with Gasteiger partial charge in [-0.05, 0) is 37.2 Å². The zero-order valence-corrected chi connectivity index (χ0v) is 20.1. The van der Waals surface area contributed by atoms with Crippen molar-refractivity contribution < 1.29 is 30.0 Å². The Morgan fingerprint density at radius 1 is 1.29 bits per heavy atom. The Bertz CT molecular complexity index is 1210. The van der Waals surface area contributed by atoms with Gasteiger partial charge in [0.2, 0.25) is 0 Å². The minimum absolute atomic E-state index is 0.0331. The van der Waals surface area contributed by atoms with E-state index in [2.05, 4.69) is 15.3 Å². The Morgan fingerprint density at radius 2 is 2.03 bits per heavy atom. The van der Waals surface area contributed by atoms with Gasteiger partial charge < -0.3 is 35.5 Å². The lowest BCUT2D eigenvalue weighted by Gasteiger charge is -2.28. The van der Waals surface area contributed by atoms with Gasteiger partial charge in [-0.2, -0.15) is 0 Å². The van der Waals surface area contributed by atoms with Crippen LogP contribution in [0.3, 0.4) is 0 Å². The fraction of sp³-hybridized carbons (Fsp3) is 0.409. The molecule has 10 nitrogen and oxygen atoms in total. The van der Waals surface area contributed by atoms with Gasteiger partial charge in [0.15, 0.2) is 0 Å². The highest BCUT2D eigenvalue weighted by Crippen LogP contribution is 2.28. The number of ether oxygens (including phenoxy) is 1. The number of aromatic nitrogens is 2. The number of aliphatic hydroxyl groups is 4. The maximum Gasteiger partial charge on any atom is 0.349 e. The lowest BCUT2D eigenvalue weighted by molar-refractivity contribution is -0.116.